The second-order valence-corrected chi connectivity index (χ2v) is 9.61. The normalized spacial score (nSPS) is 21.8. The van der Waals surface area contributed by atoms with Gasteiger partial charge in [-0.1, -0.05) is 56.9 Å². The van der Waals surface area contributed by atoms with Crippen LogP contribution in [0.25, 0.3) is 0 Å². The molecule has 0 aromatic heterocycles. The Morgan fingerprint density at radius 1 is 1.16 bits per heavy atom. The Morgan fingerprint density at radius 2 is 1.86 bits per heavy atom. The SMILES string of the molecule is C=C(C)/C(=C\C(=C)N1CC2CC1CO2)N(CC(/C=C\C)=C(C)C)C(=O)[C@H]1COc2ccccc2O1.CC.[HH].[HH]. The van der Waals surface area contributed by atoms with Crippen molar-refractivity contribution in [1.29, 1.82) is 0 Å². The number of likely N-dealkylation sites (tertiary alicyclic amines) is 1. The molecule has 3 heterocycles. The molecule has 204 valence electrons. The van der Waals surface area contributed by atoms with Crippen molar-refractivity contribution in [3.8, 4) is 11.5 Å². The predicted octanol–water partition coefficient (Wildman–Crippen LogP) is 6.53. The highest BCUT2D eigenvalue weighted by atomic mass is 16.6. The fraction of sp³-hybridized carbons (Fsp3) is 0.452. The largest absolute Gasteiger partial charge is 0.485 e. The Hall–Kier alpha value is -3.25. The van der Waals surface area contributed by atoms with Crippen molar-refractivity contribution in [3.05, 3.63) is 83.8 Å². The molecule has 0 N–H and O–H groups in total. The summed E-state index contributed by atoms with van der Waals surface area (Å²) in [6.45, 7) is 22.7. The molecule has 0 aliphatic carbocycles. The van der Waals surface area contributed by atoms with Crippen molar-refractivity contribution < 1.29 is 21.9 Å². The number of carbonyl (C=O) groups is 1. The molecule has 37 heavy (non-hydrogen) atoms. The van der Waals surface area contributed by atoms with E-state index in [9.17, 15) is 4.79 Å². The van der Waals surface area contributed by atoms with Crippen LogP contribution in [0.3, 0.4) is 0 Å². The first kappa shape index (κ1) is 28.3. The lowest BCUT2D eigenvalue weighted by atomic mass is 10.1. The van der Waals surface area contributed by atoms with Crippen LogP contribution >= 0.6 is 0 Å². The van der Waals surface area contributed by atoms with Crippen LogP contribution in [0.1, 0.15) is 50.8 Å². The van der Waals surface area contributed by atoms with Gasteiger partial charge in [-0.05, 0) is 63.5 Å². The van der Waals surface area contributed by atoms with E-state index < -0.39 is 6.10 Å². The molecule has 3 aliphatic heterocycles. The van der Waals surface area contributed by atoms with E-state index >= 15 is 0 Å². The monoisotopic (exact) mass is 510 g/mol. The molecule has 4 rings (SSSR count). The molecule has 2 saturated heterocycles. The maximum absolute atomic E-state index is 14.0. The molecule has 2 bridgehead atoms. The van der Waals surface area contributed by atoms with E-state index in [1.807, 2.05) is 70.2 Å². The van der Waals surface area contributed by atoms with E-state index in [0.29, 0.717) is 24.1 Å². The Balaban J connectivity index is 0.00000186. The van der Waals surface area contributed by atoms with E-state index in [-0.39, 0.29) is 21.5 Å². The average Bonchev–Trinajstić information content (AvgIpc) is 3.54. The third kappa shape index (κ3) is 6.55. The van der Waals surface area contributed by atoms with Gasteiger partial charge in [0.15, 0.2) is 11.5 Å². The molecule has 2 fully saturated rings. The van der Waals surface area contributed by atoms with E-state index in [0.717, 1.165) is 47.7 Å². The van der Waals surface area contributed by atoms with Gasteiger partial charge in [-0.2, -0.15) is 0 Å². The smallest absolute Gasteiger partial charge is 0.271 e. The summed E-state index contributed by atoms with van der Waals surface area (Å²) in [4.78, 5) is 18.0. The third-order valence-electron chi connectivity index (χ3n) is 6.69. The first-order chi connectivity index (χ1) is 17.8. The summed E-state index contributed by atoms with van der Waals surface area (Å²) in [7, 11) is 0. The quantitative estimate of drug-likeness (QED) is 0.372. The lowest BCUT2D eigenvalue weighted by molar-refractivity contribution is -0.138. The first-order valence-corrected chi connectivity index (χ1v) is 13.2. The molecule has 3 aliphatic rings. The van der Waals surface area contributed by atoms with Crippen molar-refractivity contribution in [2.45, 2.75) is 66.2 Å². The molecule has 1 aromatic rings. The van der Waals surface area contributed by atoms with Crippen LogP contribution < -0.4 is 9.47 Å². The van der Waals surface area contributed by atoms with Crippen LogP contribution in [0.2, 0.25) is 0 Å². The van der Waals surface area contributed by atoms with Gasteiger partial charge in [0.25, 0.3) is 5.91 Å². The van der Waals surface area contributed by atoms with Gasteiger partial charge in [0.1, 0.15) is 6.61 Å². The summed E-state index contributed by atoms with van der Waals surface area (Å²) >= 11 is 0. The standard InChI is InChI=1S/C29H36N2O4.C2H6.2H2/c1-7-10-22(19(2)3)15-31(29(32)28-18-34-26-11-8-9-12-27(26)35-28)25(20(4)5)13-21(6)30-16-24-14-23(30)17-33-24;1-2;;/h7-13,23-24,28H,4,6,14-18H2,1-3,5H3;1-2H3;2*1H/b10-7-,25-13+;;;/t23?,24?,28-;;;/m1.../s1. The topological polar surface area (TPSA) is 51.2 Å². The minimum Gasteiger partial charge on any atom is -0.485 e. The number of allylic oxidation sites excluding steroid dienone is 4. The molecular formula is C31H46N2O4. The summed E-state index contributed by atoms with van der Waals surface area (Å²) in [6.07, 6.45) is 6.54. The Bertz CT molecular complexity index is 1110. The van der Waals surface area contributed by atoms with Gasteiger partial charge in [-0.3, -0.25) is 4.79 Å². The van der Waals surface area contributed by atoms with E-state index in [1.165, 1.54) is 0 Å². The van der Waals surface area contributed by atoms with Crippen molar-refractivity contribution in [1.82, 2.24) is 9.80 Å². The van der Waals surface area contributed by atoms with Crippen LogP contribution in [-0.4, -0.2) is 60.3 Å². The lowest BCUT2D eigenvalue weighted by Gasteiger charge is -2.34. The van der Waals surface area contributed by atoms with Crippen molar-refractivity contribution in [3.63, 3.8) is 0 Å². The van der Waals surface area contributed by atoms with Crippen LogP contribution in [0, 0.1) is 0 Å². The number of benzene rings is 1. The van der Waals surface area contributed by atoms with Crippen molar-refractivity contribution in [2.75, 3.05) is 26.3 Å². The number of hydrogen-bond acceptors (Lipinski definition) is 5. The minimum absolute atomic E-state index is 0. The molecule has 6 heteroatoms. The molecular weight excluding hydrogens is 464 g/mol. The van der Waals surface area contributed by atoms with Gasteiger partial charge in [0.05, 0.1) is 25.3 Å². The summed E-state index contributed by atoms with van der Waals surface area (Å²) in [5, 5.41) is 0. The summed E-state index contributed by atoms with van der Waals surface area (Å²) in [5.74, 6) is 1.06. The van der Waals surface area contributed by atoms with Gasteiger partial charge in [0, 0.05) is 20.8 Å². The van der Waals surface area contributed by atoms with E-state index in [1.54, 1.807) is 4.90 Å². The number of nitrogens with zero attached hydrogens (tertiary/aromatic N) is 2. The summed E-state index contributed by atoms with van der Waals surface area (Å²) in [5.41, 5.74) is 4.58. The second kappa shape index (κ2) is 12.8. The highest BCUT2D eigenvalue weighted by Crippen LogP contribution is 2.34. The third-order valence-corrected chi connectivity index (χ3v) is 6.69. The highest BCUT2D eigenvalue weighted by molar-refractivity contribution is 5.84. The van der Waals surface area contributed by atoms with Gasteiger partial charge < -0.3 is 24.0 Å². The highest BCUT2D eigenvalue weighted by Gasteiger charge is 2.39. The molecule has 6 nitrogen and oxygen atoms in total. The molecule has 0 radical (unpaired) electrons. The zero-order valence-corrected chi connectivity index (χ0v) is 23.3. The van der Waals surface area contributed by atoms with Gasteiger partial charge in [-0.25, -0.2) is 0 Å². The number of amides is 1. The Morgan fingerprint density at radius 3 is 2.43 bits per heavy atom. The number of morpholine rings is 1. The average molecular weight is 511 g/mol. The van der Waals surface area contributed by atoms with Crippen molar-refractivity contribution in [2.24, 2.45) is 0 Å². The fourth-order valence-corrected chi connectivity index (χ4v) is 4.77. The number of para-hydroxylation sites is 2. The molecule has 0 saturated carbocycles. The van der Waals surface area contributed by atoms with Crippen molar-refractivity contribution >= 4 is 5.91 Å². The van der Waals surface area contributed by atoms with E-state index in [2.05, 4.69) is 31.9 Å². The second-order valence-electron chi connectivity index (χ2n) is 9.61. The van der Waals surface area contributed by atoms with Crippen LogP contribution in [0.5, 0.6) is 11.5 Å². The zero-order chi connectivity index (χ0) is 27.1. The van der Waals surface area contributed by atoms with Crippen LogP contribution in [-0.2, 0) is 9.53 Å². The Kier molecular flexibility index (Phi) is 9.81. The molecule has 1 amide bonds. The molecule has 2 unspecified atom stereocenters. The number of rotatable bonds is 8. The maximum Gasteiger partial charge on any atom is 0.271 e. The predicted molar refractivity (Wildman–Crippen MR) is 154 cm³/mol. The Labute approximate surface area is 225 Å². The fourth-order valence-electron chi connectivity index (χ4n) is 4.77. The maximum atomic E-state index is 14.0. The lowest BCUT2D eigenvalue weighted by Crippen LogP contribution is -2.47. The molecule has 3 atom stereocenters. The van der Waals surface area contributed by atoms with Gasteiger partial charge >= 0.3 is 0 Å². The zero-order valence-electron chi connectivity index (χ0n) is 23.3. The number of ether oxygens (including phenoxy) is 3. The number of hydrogen-bond donors (Lipinski definition) is 0. The summed E-state index contributed by atoms with van der Waals surface area (Å²) in [6, 6.07) is 7.76. The summed E-state index contributed by atoms with van der Waals surface area (Å²) < 4.78 is 17.7. The van der Waals surface area contributed by atoms with Crippen LogP contribution in [0.4, 0.5) is 0 Å². The molecule has 0 spiro atoms. The number of fused-ring (bicyclic) bond motifs is 3. The van der Waals surface area contributed by atoms with E-state index in [4.69, 9.17) is 14.2 Å². The first-order valence-electron chi connectivity index (χ1n) is 13.2. The van der Waals surface area contributed by atoms with Gasteiger partial charge in [-0.15, -0.1) is 0 Å². The molecule has 1 aromatic carbocycles. The van der Waals surface area contributed by atoms with Crippen LogP contribution in [0.15, 0.2) is 83.8 Å². The minimum atomic E-state index is -0.763. The van der Waals surface area contributed by atoms with Gasteiger partial charge in [0.2, 0.25) is 6.10 Å². The number of carbonyl (C=O) groups excluding carboxylic acids is 1.